The fourth-order valence-electron chi connectivity index (χ4n) is 2.58. The number of aliphatic hydroxyl groups is 1. The lowest BCUT2D eigenvalue weighted by Crippen LogP contribution is -2.42. The van der Waals surface area contributed by atoms with Crippen molar-refractivity contribution in [3.63, 3.8) is 0 Å². The molecule has 2 aliphatic heterocycles. The van der Waals surface area contributed by atoms with Gasteiger partial charge in [0.15, 0.2) is 17.3 Å². The average Bonchev–Trinajstić information content (AvgIpc) is 2.62. The molecule has 0 aromatic heterocycles. The Morgan fingerprint density at radius 2 is 2.04 bits per heavy atom. The number of nitrogens with one attached hydrogen (secondary N) is 1. The van der Waals surface area contributed by atoms with Crippen LogP contribution in [0.15, 0.2) is 35.7 Å². The number of para-hydroxylation sites is 2. The molecule has 2 heterocycles. The SMILES string of the molecule is C/C(NOC[C@@H](O)CN1CCOCC1)=C1\COc2ccccc2O1. The molecule has 0 amide bonds. The first kappa shape index (κ1) is 17.0. The van der Waals surface area contributed by atoms with Gasteiger partial charge in [0.25, 0.3) is 0 Å². The second-order valence-electron chi connectivity index (χ2n) is 5.87. The Balaban J connectivity index is 1.43. The number of fused-ring (bicyclic) bond motifs is 1. The molecule has 2 aliphatic rings. The van der Waals surface area contributed by atoms with Crippen LogP contribution in [-0.4, -0.2) is 62.2 Å². The third kappa shape index (κ3) is 4.61. The van der Waals surface area contributed by atoms with Crippen molar-refractivity contribution in [1.29, 1.82) is 0 Å². The maximum Gasteiger partial charge on any atom is 0.169 e. The van der Waals surface area contributed by atoms with Crippen molar-refractivity contribution < 1.29 is 24.2 Å². The molecular formula is C17H24N2O5. The molecule has 0 saturated carbocycles. The van der Waals surface area contributed by atoms with Gasteiger partial charge in [-0.05, 0) is 19.1 Å². The van der Waals surface area contributed by atoms with E-state index < -0.39 is 6.10 Å². The highest BCUT2D eigenvalue weighted by Crippen LogP contribution is 2.32. The zero-order valence-electron chi connectivity index (χ0n) is 13.9. The number of hydrogen-bond donors (Lipinski definition) is 2. The molecule has 1 aromatic rings. The molecule has 1 aromatic carbocycles. The van der Waals surface area contributed by atoms with Crippen LogP contribution in [0.25, 0.3) is 0 Å². The maximum atomic E-state index is 10.0. The van der Waals surface area contributed by atoms with Gasteiger partial charge in [0, 0.05) is 19.6 Å². The number of hydrogen-bond acceptors (Lipinski definition) is 7. The molecule has 7 heteroatoms. The number of ether oxygens (including phenoxy) is 3. The van der Waals surface area contributed by atoms with Crippen LogP contribution >= 0.6 is 0 Å². The highest BCUT2D eigenvalue weighted by Gasteiger charge is 2.18. The van der Waals surface area contributed by atoms with E-state index in [1.807, 2.05) is 31.2 Å². The van der Waals surface area contributed by atoms with Crippen molar-refractivity contribution in [2.75, 3.05) is 46.1 Å². The van der Waals surface area contributed by atoms with Gasteiger partial charge in [0.05, 0.1) is 25.0 Å². The van der Waals surface area contributed by atoms with Crippen molar-refractivity contribution >= 4 is 0 Å². The summed E-state index contributed by atoms with van der Waals surface area (Å²) >= 11 is 0. The summed E-state index contributed by atoms with van der Waals surface area (Å²) in [5.41, 5.74) is 3.55. The number of aliphatic hydroxyl groups excluding tert-OH is 1. The van der Waals surface area contributed by atoms with E-state index in [1.54, 1.807) is 0 Å². The minimum Gasteiger partial charge on any atom is -0.482 e. The Hall–Kier alpha value is -1.80. The topological polar surface area (TPSA) is 72.4 Å². The third-order valence-electron chi connectivity index (χ3n) is 3.93. The second-order valence-corrected chi connectivity index (χ2v) is 5.87. The van der Waals surface area contributed by atoms with E-state index in [-0.39, 0.29) is 6.61 Å². The summed E-state index contributed by atoms with van der Waals surface area (Å²) < 4.78 is 16.7. The number of allylic oxidation sites excluding steroid dienone is 1. The molecule has 1 atom stereocenters. The van der Waals surface area contributed by atoms with Crippen molar-refractivity contribution in [1.82, 2.24) is 10.4 Å². The molecule has 0 unspecified atom stereocenters. The summed E-state index contributed by atoms with van der Waals surface area (Å²) in [5.74, 6) is 2.08. The first-order valence-electron chi connectivity index (χ1n) is 8.18. The zero-order valence-corrected chi connectivity index (χ0v) is 13.9. The van der Waals surface area contributed by atoms with Gasteiger partial charge in [-0.15, -0.1) is 0 Å². The molecule has 0 spiro atoms. The summed E-state index contributed by atoms with van der Waals surface area (Å²) in [6, 6.07) is 7.52. The summed E-state index contributed by atoms with van der Waals surface area (Å²) in [6.07, 6.45) is -0.558. The first-order chi connectivity index (χ1) is 11.7. The first-order valence-corrected chi connectivity index (χ1v) is 8.18. The number of morpholine rings is 1. The van der Waals surface area contributed by atoms with Crippen LogP contribution in [0.1, 0.15) is 6.92 Å². The van der Waals surface area contributed by atoms with Crippen molar-refractivity contribution in [3.05, 3.63) is 35.7 Å². The zero-order chi connectivity index (χ0) is 16.8. The van der Waals surface area contributed by atoms with Gasteiger partial charge in [0.1, 0.15) is 13.2 Å². The van der Waals surface area contributed by atoms with Crippen LogP contribution in [0.3, 0.4) is 0 Å². The molecule has 0 radical (unpaired) electrons. The number of β-amino-alcohol motifs (C(OH)–C–C–N with tert-alkyl or cyclic N) is 1. The molecule has 0 bridgehead atoms. The molecular weight excluding hydrogens is 312 g/mol. The smallest absolute Gasteiger partial charge is 0.169 e. The van der Waals surface area contributed by atoms with Crippen molar-refractivity contribution in [2.24, 2.45) is 0 Å². The largest absolute Gasteiger partial charge is 0.482 e. The molecule has 24 heavy (non-hydrogen) atoms. The number of nitrogens with zero attached hydrogens (tertiary/aromatic N) is 1. The predicted molar refractivity (Wildman–Crippen MR) is 87.6 cm³/mol. The minimum absolute atomic E-state index is 0.194. The van der Waals surface area contributed by atoms with Crippen LogP contribution in [0.5, 0.6) is 11.5 Å². The fourth-order valence-corrected chi connectivity index (χ4v) is 2.58. The summed E-state index contributed by atoms with van der Waals surface area (Å²) in [5, 5.41) is 10.0. The van der Waals surface area contributed by atoms with Gasteiger partial charge in [-0.1, -0.05) is 12.1 Å². The molecule has 132 valence electrons. The van der Waals surface area contributed by atoms with E-state index in [2.05, 4.69) is 10.4 Å². The lowest BCUT2D eigenvalue weighted by molar-refractivity contribution is -0.0355. The lowest BCUT2D eigenvalue weighted by atomic mass is 10.3. The number of hydroxylamine groups is 1. The molecule has 2 N–H and O–H groups in total. The number of benzene rings is 1. The molecule has 7 nitrogen and oxygen atoms in total. The minimum atomic E-state index is -0.558. The monoisotopic (exact) mass is 336 g/mol. The Morgan fingerprint density at radius 3 is 2.83 bits per heavy atom. The van der Waals surface area contributed by atoms with Gasteiger partial charge in [-0.25, -0.2) is 0 Å². The fraction of sp³-hybridized carbons (Fsp3) is 0.529. The quantitative estimate of drug-likeness (QED) is 0.748. The Bertz CT molecular complexity index is 572. The molecule has 0 aliphatic carbocycles. The van der Waals surface area contributed by atoms with E-state index in [0.29, 0.717) is 24.7 Å². The molecule has 1 fully saturated rings. The predicted octanol–water partition coefficient (Wildman–Crippen LogP) is 0.904. The maximum absolute atomic E-state index is 10.0. The van der Waals surface area contributed by atoms with Crippen molar-refractivity contribution in [2.45, 2.75) is 13.0 Å². The van der Waals surface area contributed by atoms with Crippen molar-refractivity contribution in [3.8, 4) is 11.5 Å². The van der Waals surface area contributed by atoms with Crippen LogP contribution in [0.2, 0.25) is 0 Å². The Morgan fingerprint density at radius 1 is 1.29 bits per heavy atom. The van der Waals surface area contributed by atoms with E-state index in [1.165, 1.54) is 0 Å². The van der Waals surface area contributed by atoms with E-state index in [9.17, 15) is 5.11 Å². The highest BCUT2D eigenvalue weighted by atomic mass is 16.7. The van der Waals surface area contributed by atoms with Gasteiger partial charge in [-0.2, -0.15) is 0 Å². The molecule has 3 rings (SSSR count). The standard InChI is InChI=1S/C17H24N2O5/c1-13(17-12-22-15-4-2-3-5-16(15)24-17)18-23-11-14(20)10-19-6-8-21-9-7-19/h2-5,14,18,20H,6-12H2,1H3/b17-13-/t14-/m0/s1. The third-order valence-corrected chi connectivity index (χ3v) is 3.93. The van der Waals surface area contributed by atoms with Crippen LogP contribution in [-0.2, 0) is 9.57 Å². The average molecular weight is 336 g/mol. The summed E-state index contributed by atoms with van der Waals surface area (Å²) in [7, 11) is 0. The normalized spacial score (nSPS) is 21.2. The van der Waals surface area contributed by atoms with E-state index in [0.717, 1.165) is 37.7 Å². The Kier molecular flexibility index (Phi) is 5.92. The van der Waals surface area contributed by atoms with E-state index in [4.69, 9.17) is 19.0 Å². The van der Waals surface area contributed by atoms with Gasteiger partial charge < -0.3 is 19.3 Å². The van der Waals surface area contributed by atoms with Gasteiger partial charge in [-0.3, -0.25) is 15.2 Å². The summed E-state index contributed by atoms with van der Waals surface area (Å²) in [4.78, 5) is 7.55. The Labute approximate surface area is 141 Å². The number of rotatable bonds is 6. The molecule has 1 saturated heterocycles. The van der Waals surface area contributed by atoms with Gasteiger partial charge >= 0.3 is 0 Å². The highest BCUT2D eigenvalue weighted by molar-refractivity contribution is 5.42. The second kappa shape index (κ2) is 8.34. The van der Waals surface area contributed by atoms with Gasteiger partial charge in [0.2, 0.25) is 0 Å². The van der Waals surface area contributed by atoms with Crippen LogP contribution in [0, 0.1) is 0 Å². The lowest BCUT2D eigenvalue weighted by Gasteiger charge is -2.28. The summed E-state index contributed by atoms with van der Waals surface area (Å²) in [6.45, 7) is 6.09. The van der Waals surface area contributed by atoms with Crippen LogP contribution < -0.4 is 15.0 Å². The van der Waals surface area contributed by atoms with Crippen LogP contribution in [0.4, 0.5) is 0 Å². The van der Waals surface area contributed by atoms with E-state index >= 15 is 0 Å².